The van der Waals surface area contributed by atoms with E-state index in [2.05, 4.69) is 17.4 Å². The van der Waals surface area contributed by atoms with Crippen LogP contribution in [-0.2, 0) is 11.2 Å². The van der Waals surface area contributed by atoms with Crippen LogP contribution in [-0.4, -0.2) is 29.8 Å². The Morgan fingerprint density at radius 2 is 1.79 bits per heavy atom. The number of piperidine rings is 1. The highest BCUT2D eigenvalue weighted by Gasteiger charge is 2.30. The van der Waals surface area contributed by atoms with E-state index < -0.39 is 0 Å². The molecule has 148 valence electrons. The summed E-state index contributed by atoms with van der Waals surface area (Å²) in [4.78, 5) is 27.2. The van der Waals surface area contributed by atoms with Gasteiger partial charge in [-0.1, -0.05) is 48.5 Å². The second-order valence-electron chi connectivity index (χ2n) is 7.38. The Kier molecular flexibility index (Phi) is 5.75. The lowest BCUT2D eigenvalue weighted by molar-refractivity contribution is -0.121. The number of likely N-dealkylation sites (tertiary alicyclic amines) is 1. The summed E-state index contributed by atoms with van der Waals surface area (Å²) in [5.41, 5.74) is 3.10. The highest BCUT2D eigenvalue weighted by molar-refractivity contribution is 5.95. The first-order chi connectivity index (χ1) is 14.2. The molecule has 2 aromatic carbocycles. The van der Waals surface area contributed by atoms with Gasteiger partial charge in [0.05, 0.1) is 12.2 Å². The Bertz CT molecular complexity index is 967. The van der Waals surface area contributed by atoms with Crippen LogP contribution in [0, 0.1) is 5.92 Å². The summed E-state index contributed by atoms with van der Waals surface area (Å²) < 4.78 is 5.22. The van der Waals surface area contributed by atoms with Crippen LogP contribution in [0.5, 0.6) is 0 Å². The van der Waals surface area contributed by atoms with Gasteiger partial charge in [0.15, 0.2) is 5.76 Å². The molecular formula is C24H24N2O3. The average Bonchev–Trinajstić information content (AvgIpc) is 3.30. The average molecular weight is 388 g/mol. The third kappa shape index (κ3) is 4.57. The summed E-state index contributed by atoms with van der Waals surface area (Å²) in [6.07, 6.45) is 3.82. The molecule has 0 bridgehead atoms. The van der Waals surface area contributed by atoms with Gasteiger partial charge in [-0.2, -0.15) is 0 Å². The zero-order valence-corrected chi connectivity index (χ0v) is 16.2. The Morgan fingerprint density at radius 1 is 1.00 bits per heavy atom. The second kappa shape index (κ2) is 8.78. The largest absolute Gasteiger partial charge is 0.459 e. The summed E-state index contributed by atoms with van der Waals surface area (Å²) in [6, 6.07) is 21.4. The smallest absolute Gasteiger partial charge is 0.289 e. The lowest BCUT2D eigenvalue weighted by Gasteiger charge is -2.31. The van der Waals surface area contributed by atoms with Crippen molar-refractivity contribution in [1.29, 1.82) is 0 Å². The van der Waals surface area contributed by atoms with Crippen LogP contribution < -0.4 is 5.32 Å². The highest BCUT2D eigenvalue weighted by atomic mass is 16.3. The van der Waals surface area contributed by atoms with Crippen LogP contribution >= 0.6 is 0 Å². The van der Waals surface area contributed by atoms with Crippen LogP contribution in [0.25, 0.3) is 0 Å². The predicted molar refractivity (Wildman–Crippen MR) is 112 cm³/mol. The monoisotopic (exact) mass is 388 g/mol. The number of para-hydroxylation sites is 1. The molecule has 0 spiro atoms. The summed E-state index contributed by atoms with van der Waals surface area (Å²) >= 11 is 0. The topological polar surface area (TPSA) is 62.6 Å². The van der Waals surface area contributed by atoms with Crippen molar-refractivity contribution in [1.82, 2.24) is 4.90 Å². The maximum Gasteiger partial charge on any atom is 0.289 e. The fraction of sp³-hybridized carbons (Fsp3) is 0.250. The molecule has 5 heteroatoms. The normalized spacial score (nSPS) is 16.4. The van der Waals surface area contributed by atoms with Gasteiger partial charge in [0.1, 0.15) is 0 Å². The van der Waals surface area contributed by atoms with Crippen LogP contribution in [0.3, 0.4) is 0 Å². The minimum absolute atomic E-state index is 0.0394. The molecule has 0 saturated carbocycles. The molecule has 0 radical (unpaired) electrons. The maximum absolute atomic E-state index is 13.0. The number of rotatable bonds is 5. The van der Waals surface area contributed by atoms with Crippen molar-refractivity contribution in [2.45, 2.75) is 19.3 Å². The van der Waals surface area contributed by atoms with E-state index in [1.165, 1.54) is 11.8 Å². The van der Waals surface area contributed by atoms with Crippen molar-refractivity contribution in [3.05, 3.63) is 89.9 Å². The Balaban J connectivity index is 1.43. The molecule has 3 aromatic rings. The third-order valence-corrected chi connectivity index (χ3v) is 5.32. The first-order valence-corrected chi connectivity index (χ1v) is 9.96. The van der Waals surface area contributed by atoms with Crippen molar-refractivity contribution in [3.63, 3.8) is 0 Å². The number of benzene rings is 2. The predicted octanol–water partition coefficient (Wildman–Crippen LogP) is 4.36. The molecular weight excluding hydrogens is 364 g/mol. The van der Waals surface area contributed by atoms with Crippen molar-refractivity contribution in [2.75, 3.05) is 18.4 Å². The summed E-state index contributed by atoms with van der Waals surface area (Å²) in [7, 11) is 0. The van der Waals surface area contributed by atoms with Gasteiger partial charge in [-0.25, -0.2) is 0 Å². The van der Waals surface area contributed by atoms with Gasteiger partial charge in [0.25, 0.3) is 5.91 Å². The lowest BCUT2D eigenvalue weighted by atomic mass is 9.96. The van der Waals surface area contributed by atoms with Crippen LogP contribution in [0.15, 0.2) is 77.4 Å². The number of nitrogens with one attached hydrogen (secondary N) is 1. The molecule has 5 nitrogen and oxygen atoms in total. The molecule has 2 heterocycles. The third-order valence-electron chi connectivity index (χ3n) is 5.32. The lowest BCUT2D eigenvalue weighted by Crippen LogP contribution is -2.43. The zero-order chi connectivity index (χ0) is 20.1. The first-order valence-electron chi connectivity index (χ1n) is 9.96. The van der Waals surface area contributed by atoms with E-state index in [4.69, 9.17) is 4.42 Å². The van der Waals surface area contributed by atoms with E-state index in [0.29, 0.717) is 18.8 Å². The summed E-state index contributed by atoms with van der Waals surface area (Å²) in [5, 5.41) is 3.09. The maximum atomic E-state index is 13.0. The molecule has 0 aliphatic carbocycles. The fourth-order valence-corrected chi connectivity index (χ4v) is 3.78. The number of furan rings is 1. The Labute approximate surface area is 170 Å². The van der Waals surface area contributed by atoms with Gasteiger partial charge in [-0.05, 0) is 48.6 Å². The molecule has 1 atom stereocenters. The zero-order valence-electron chi connectivity index (χ0n) is 16.2. The number of hydrogen-bond acceptors (Lipinski definition) is 3. The quantitative estimate of drug-likeness (QED) is 0.706. The second-order valence-corrected chi connectivity index (χ2v) is 7.38. The molecule has 1 N–H and O–H groups in total. The number of amides is 2. The first kappa shape index (κ1) is 19.0. The van der Waals surface area contributed by atoms with E-state index in [0.717, 1.165) is 30.5 Å². The molecule has 4 rings (SSSR count). The standard InChI is InChI=1S/C24H24N2O3/c27-23(20-11-6-14-26(17-20)24(28)22-13-7-15-29-22)25-21-12-5-4-10-19(21)16-18-8-2-1-3-9-18/h1-5,7-10,12-13,15,20H,6,11,14,16-17H2,(H,25,27). The number of hydrogen-bond donors (Lipinski definition) is 1. The van der Waals surface area contributed by atoms with E-state index in [-0.39, 0.29) is 17.7 Å². The molecule has 1 saturated heterocycles. The van der Waals surface area contributed by atoms with Gasteiger partial charge in [0, 0.05) is 18.8 Å². The molecule has 1 aromatic heterocycles. The van der Waals surface area contributed by atoms with Gasteiger partial charge in [0.2, 0.25) is 5.91 Å². The molecule has 1 aliphatic rings. The van der Waals surface area contributed by atoms with Gasteiger partial charge in [-0.3, -0.25) is 9.59 Å². The Hall–Kier alpha value is -3.34. The van der Waals surface area contributed by atoms with E-state index in [9.17, 15) is 9.59 Å². The van der Waals surface area contributed by atoms with Crippen molar-refractivity contribution in [2.24, 2.45) is 5.92 Å². The molecule has 1 aliphatic heterocycles. The minimum Gasteiger partial charge on any atom is -0.459 e. The van der Waals surface area contributed by atoms with Crippen molar-refractivity contribution in [3.8, 4) is 0 Å². The number of carbonyl (C=O) groups excluding carboxylic acids is 2. The van der Waals surface area contributed by atoms with Crippen LogP contribution in [0.4, 0.5) is 5.69 Å². The van der Waals surface area contributed by atoms with Gasteiger partial charge < -0.3 is 14.6 Å². The number of carbonyl (C=O) groups is 2. The van der Waals surface area contributed by atoms with E-state index in [1.807, 2.05) is 42.5 Å². The highest BCUT2D eigenvalue weighted by Crippen LogP contribution is 2.23. The minimum atomic E-state index is -0.229. The molecule has 1 unspecified atom stereocenters. The number of anilines is 1. The van der Waals surface area contributed by atoms with Gasteiger partial charge >= 0.3 is 0 Å². The summed E-state index contributed by atoms with van der Waals surface area (Å²) in [6.45, 7) is 1.06. The van der Waals surface area contributed by atoms with Gasteiger partial charge in [-0.15, -0.1) is 0 Å². The van der Waals surface area contributed by atoms with E-state index >= 15 is 0 Å². The van der Waals surface area contributed by atoms with Crippen LogP contribution in [0.2, 0.25) is 0 Å². The SMILES string of the molecule is O=C(Nc1ccccc1Cc1ccccc1)C1CCCN(C(=O)c2ccco2)C1. The van der Waals surface area contributed by atoms with Crippen molar-refractivity contribution >= 4 is 17.5 Å². The molecule has 2 amide bonds. The summed E-state index contributed by atoms with van der Waals surface area (Å²) in [5.74, 6) is -0.105. The van der Waals surface area contributed by atoms with Crippen molar-refractivity contribution < 1.29 is 14.0 Å². The Morgan fingerprint density at radius 3 is 2.59 bits per heavy atom. The van der Waals surface area contributed by atoms with Crippen LogP contribution in [0.1, 0.15) is 34.5 Å². The fourth-order valence-electron chi connectivity index (χ4n) is 3.78. The molecule has 1 fully saturated rings. The van der Waals surface area contributed by atoms with E-state index in [1.54, 1.807) is 17.0 Å². The number of nitrogens with zero attached hydrogens (tertiary/aromatic N) is 1. The molecule has 29 heavy (non-hydrogen) atoms.